The third-order valence-corrected chi connectivity index (χ3v) is 2.02. The molecular weight excluding hydrogens is 271 g/mol. The summed E-state index contributed by atoms with van der Waals surface area (Å²) in [5.41, 5.74) is -2.43. The van der Waals surface area contributed by atoms with Crippen molar-refractivity contribution >= 4 is 17.3 Å². The zero-order valence-corrected chi connectivity index (χ0v) is 9.52. The van der Waals surface area contributed by atoms with Gasteiger partial charge in [-0.05, 0) is 6.07 Å². The zero-order valence-electron chi connectivity index (χ0n) is 9.52. The van der Waals surface area contributed by atoms with E-state index in [9.17, 15) is 28.1 Å². The highest BCUT2D eigenvalue weighted by molar-refractivity contribution is 5.76. The van der Waals surface area contributed by atoms with Crippen molar-refractivity contribution in [3.63, 3.8) is 0 Å². The van der Waals surface area contributed by atoms with Crippen molar-refractivity contribution in [2.75, 3.05) is 19.0 Å². The van der Waals surface area contributed by atoms with Crippen LogP contribution in [-0.4, -0.2) is 29.5 Å². The molecule has 0 fully saturated rings. The predicted octanol–water partition coefficient (Wildman–Crippen LogP) is 1.59. The molecule has 19 heavy (non-hydrogen) atoms. The van der Waals surface area contributed by atoms with Crippen LogP contribution in [-0.2, 0) is 15.7 Å². The molecule has 0 atom stereocenters. The highest BCUT2D eigenvalue weighted by atomic mass is 19.4. The summed E-state index contributed by atoms with van der Waals surface area (Å²) in [6, 6.07) is 0.459. The van der Waals surface area contributed by atoms with Gasteiger partial charge in [0, 0.05) is 0 Å². The van der Waals surface area contributed by atoms with Crippen molar-refractivity contribution in [3.05, 3.63) is 28.1 Å². The first-order valence-corrected chi connectivity index (χ1v) is 4.78. The maximum Gasteiger partial charge on any atom is 0.433 e. The first-order chi connectivity index (χ1) is 8.75. The summed E-state index contributed by atoms with van der Waals surface area (Å²) in [5, 5.41) is 12.8. The molecule has 0 aliphatic heterocycles. The highest BCUT2D eigenvalue weighted by Crippen LogP contribution is 2.32. The predicted molar refractivity (Wildman–Crippen MR) is 56.4 cm³/mol. The van der Waals surface area contributed by atoms with E-state index in [0.29, 0.717) is 12.3 Å². The Hall–Kier alpha value is -2.39. The number of halogens is 3. The fraction of sp³-hybridized carbons (Fsp3) is 0.333. The number of hydrogen-bond acceptors (Lipinski definition) is 6. The molecule has 0 aliphatic rings. The number of nitrogens with zero attached hydrogens (tertiary/aromatic N) is 2. The Labute approximate surface area is 104 Å². The molecular formula is C9H8F3N3O4. The maximum absolute atomic E-state index is 12.4. The molecule has 1 heterocycles. The Morgan fingerprint density at radius 1 is 1.58 bits per heavy atom. The van der Waals surface area contributed by atoms with E-state index in [-0.39, 0.29) is 0 Å². The summed E-state index contributed by atoms with van der Waals surface area (Å²) < 4.78 is 41.5. The summed E-state index contributed by atoms with van der Waals surface area (Å²) in [4.78, 5) is 23.5. The van der Waals surface area contributed by atoms with Gasteiger partial charge in [-0.2, -0.15) is 13.2 Å². The van der Waals surface area contributed by atoms with Crippen molar-refractivity contribution in [3.8, 4) is 0 Å². The Balaban J connectivity index is 3.09. The first kappa shape index (κ1) is 14.7. The van der Waals surface area contributed by atoms with Gasteiger partial charge < -0.3 is 10.1 Å². The highest BCUT2D eigenvalue weighted by Gasteiger charge is 2.34. The molecule has 0 unspecified atom stereocenters. The van der Waals surface area contributed by atoms with Crippen LogP contribution in [0.3, 0.4) is 0 Å². The monoisotopic (exact) mass is 279 g/mol. The summed E-state index contributed by atoms with van der Waals surface area (Å²) in [5.74, 6) is -0.778. The molecule has 0 aromatic carbocycles. The van der Waals surface area contributed by atoms with E-state index >= 15 is 0 Å². The number of alkyl halides is 3. The summed E-state index contributed by atoms with van der Waals surface area (Å²) in [7, 11) is 1.08. The number of carbonyl (C=O) groups excluding carboxylic acids is 1. The number of methoxy groups -OCH3 is 1. The number of pyridine rings is 1. The number of rotatable bonds is 4. The normalized spacial score (nSPS) is 10.9. The largest absolute Gasteiger partial charge is 0.468 e. The lowest BCUT2D eigenvalue weighted by atomic mass is 10.2. The van der Waals surface area contributed by atoms with Crippen molar-refractivity contribution in [2.24, 2.45) is 0 Å². The van der Waals surface area contributed by atoms with Gasteiger partial charge in [-0.15, -0.1) is 0 Å². The SMILES string of the molecule is COC(=O)CNc1cc(C(F)(F)F)ncc1[N+](=O)[O-]. The van der Waals surface area contributed by atoms with Crippen LogP contribution in [0.4, 0.5) is 24.5 Å². The fourth-order valence-electron chi connectivity index (χ4n) is 1.13. The fourth-order valence-corrected chi connectivity index (χ4v) is 1.13. The number of ether oxygens (including phenoxy) is 1. The van der Waals surface area contributed by atoms with E-state index in [1.54, 1.807) is 0 Å². The minimum absolute atomic E-state index is 0.459. The number of hydrogen-bond donors (Lipinski definition) is 1. The van der Waals surface area contributed by atoms with Crippen LogP contribution in [0.15, 0.2) is 12.3 Å². The second-order valence-corrected chi connectivity index (χ2v) is 3.27. The molecule has 1 N–H and O–H groups in total. The number of nitrogens with one attached hydrogen (secondary N) is 1. The topological polar surface area (TPSA) is 94.4 Å². The first-order valence-electron chi connectivity index (χ1n) is 4.78. The lowest BCUT2D eigenvalue weighted by molar-refractivity contribution is -0.384. The summed E-state index contributed by atoms with van der Waals surface area (Å²) >= 11 is 0. The summed E-state index contributed by atoms with van der Waals surface area (Å²) in [6.45, 7) is -0.501. The molecule has 10 heteroatoms. The molecule has 1 aromatic rings. The van der Waals surface area contributed by atoms with Crippen molar-refractivity contribution < 1.29 is 27.6 Å². The second-order valence-electron chi connectivity index (χ2n) is 3.27. The average Bonchev–Trinajstić information content (AvgIpc) is 2.34. The quantitative estimate of drug-likeness (QED) is 0.511. The van der Waals surface area contributed by atoms with Crippen LogP contribution in [0.2, 0.25) is 0 Å². The maximum atomic E-state index is 12.4. The molecule has 0 radical (unpaired) electrons. The van der Waals surface area contributed by atoms with E-state index in [1.165, 1.54) is 0 Å². The lowest BCUT2D eigenvalue weighted by Gasteiger charge is -2.09. The molecule has 0 saturated heterocycles. The van der Waals surface area contributed by atoms with E-state index < -0.39 is 40.7 Å². The van der Waals surface area contributed by atoms with Crippen LogP contribution in [0.25, 0.3) is 0 Å². The number of aromatic nitrogens is 1. The van der Waals surface area contributed by atoms with Gasteiger partial charge in [-0.3, -0.25) is 14.9 Å². The van der Waals surface area contributed by atoms with E-state index in [0.717, 1.165) is 7.11 Å². The van der Waals surface area contributed by atoms with Gasteiger partial charge in [0.05, 0.1) is 12.0 Å². The summed E-state index contributed by atoms with van der Waals surface area (Å²) in [6.07, 6.45) is -4.26. The molecule has 1 aromatic heterocycles. The Bertz CT molecular complexity index is 504. The van der Waals surface area contributed by atoms with Crippen LogP contribution >= 0.6 is 0 Å². The number of esters is 1. The van der Waals surface area contributed by atoms with E-state index in [4.69, 9.17) is 0 Å². The minimum atomic E-state index is -4.74. The number of anilines is 1. The molecule has 0 spiro atoms. The molecule has 7 nitrogen and oxygen atoms in total. The standard InChI is InChI=1S/C9H8F3N3O4/c1-19-8(16)4-13-5-2-7(9(10,11)12)14-3-6(5)15(17)18/h2-3H,4H2,1H3,(H,13,14). The van der Waals surface area contributed by atoms with Crippen LogP contribution in [0, 0.1) is 10.1 Å². The Kier molecular flexibility index (Phi) is 4.25. The van der Waals surface area contributed by atoms with Gasteiger partial charge in [-0.25, -0.2) is 4.98 Å². The number of nitro groups is 1. The third kappa shape index (κ3) is 3.79. The Morgan fingerprint density at radius 2 is 2.21 bits per heavy atom. The molecule has 104 valence electrons. The van der Waals surface area contributed by atoms with Crippen molar-refractivity contribution in [1.82, 2.24) is 4.98 Å². The van der Waals surface area contributed by atoms with Crippen molar-refractivity contribution in [2.45, 2.75) is 6.18 Å². The van der Waals surface area contributed by atoms with E-state index in [2.05, 4.69) is 15.0 Å². The zero-order chi connectivity index (χ0) is 14.6. The van der Waals surface area contributed by atoms with Gasteiger partial charge in [-0.1, -0.05) is 0 Å². The van der Waals surface area contributed by atoms with Crippen LogP contribution < -0.4 is 5.32 Å². The van der Waals surface area contributed by atoms with Crippen LogP contribution in [0.1, 0.15) is 5.69 Å². The molecule has 0 saturated carbocycles. The molecule has 0 bridgehead atoms. The smallest absolute Gasteiger partial charge is 0.433 e. The van der Waals surface area contributed by atoms with Gasteiger partial charge >= 0.3 is 17.8 Å². The Morgan fingerprint density at radius 3 is 2.68 bits per heavy atom. The van der Waals surface area contributed by atoms with Gasteiger partial charge in [0.25, 0.3) is 0 Å². The van der Waals surface area contributed by atoms with Gasteiger partial charge in [0.1, 0.15) is 24.1 Å². The second kappa shape index (κ2) is 5.50. The van der Waals surface area contributed by atoms with Gasteiger partial charge in [0.2, 0.25) is 0 Å². The van der Waals surface area contributed by atoms with Crippen molar-refractivity contribution in [1.29, 1.82) is 0 Å². The third-order valence-electron chi connectivity index (χ3n) is 2.02. The average molecular weight is 279 g/mol. The van der Waals surface area contributed by atoms with Gasteiger partial charge in [0.15, 0.2) is 0 Å². The molecule has 1 rings (SSSR count). The number of carbonyl (C=O) groups is 1. The van der Waals surface area contributed by atoms with E-state index in [1.807, 2.05) is 0 Å². The molecule has 0 amide bonds. The molecule has 0 aliphatic carbocycles. The van der Waals surface area contributed by atoms with Crippen LogP contribution in [0.5, 0.6) is 0 Å². The minimum Gasteiger partial charge on any atom is -0.468 e. The lowest BCUT2D eigenvalue weighted by Crippen LogP contribution is -2.17.